The fourth-order valence-electron chi connectivity index (χ4n) is 10.6. The molecular weight excluding hydrogens is 795 g/mol. The molecule has 0 amide bonds. The van der Waals surface area contributed by atoms with Crippen LogP contribution >= 0.6 is 11.3 Å². The summed E-state index contributed by atoms with van der Waals surface area (Å²) in [6.45, 7) is 0. The second-order valence-electron chi connectivity index (χ2n) is 16.9. The van der Waals surface area contributed by atoms with E-state index >= 15 is 0 Å². The van der Waals surface area contributed by atoms with Crippen molar-refractivity contribution >= 4 is 96.9 Å². The first kappa shape index (κ1) is 35.4. The minimum Gasteiger partial charge on any atom is -0.309 e. The number of thiophene rings is 1. The molecular formula is C60H37N3S. The number of para-hydroxylation sites is 5. The molecule has 10 aromatic carbocycles. The molecule has 64 heavy (non-hydrogen) atoms. The first-order valence-corrected chi connectivity index (χ1v) is 22.7. The number of hydrogen-bond donors (Lipinski definition) is 0. The van der Waals surface area contributed by atoms with Gasteiger partial charge in [-0.1, -0.05) is 133 Å². The highest BCUT2D eigenvalue weighted by Gasteiger charge is 2.21. The Morgan fingerprint density at radius 2 is 0.750 bits per heavy atom. The predicted octanol–water partition coefficient (Wildman–Crippen LogP) is 16.7. The van der Waals surface area contributed by atoms with Crippen LogP contribution in [0.3, 0.4) is 0 Å². The van der Waals surface area contributed by atoms with E-state index in [4.69, 9.17) is 0 Å². The van der Waals surface area contributed by atoms with Gasteiger partial charge in [0.05, 0.1) is 33.1 Å². The molecule has 14 aromatic rings. The first-order chi connectivity index (χ1) is 31.7. The van der Waals surface area contributed by atoms with Crippen LogP contribution in [-0.2, 0) is 0 Å². The van der Waals surface area contributed by atoms with E-state index in [9.17, 15) is 0 Å². The minimum absolute atomic E-state index is 1.16. The second-order valence-corrected chi connectivity index (χ2v) is 18.0. The van der Waals surface area contributed by atoms with Crippen molar-refractivity contribution in [3.8, 4) is 39.3 Å². The topological polar surface area (TPSA) is 14.8 Å². The number of hydrogen-bond acceptors (Lipinski definition) is 1. The van der Waals surface area contributed by atoms with Gasteiger partial charge in [-0.05, 0) is 113 Å². The van der Waals surface area contributed by atoms with Crippen LogP contribution in [0.1, 0.15) is 0 Å². The molecule has 0 radical (unpaired) electrons. The second kappa shape index (κ2) is 13.7. The van der Waals surface area contributed by atoms with E-state index in [2.05, 4.69) is 238 Å². The molecule has 0 aliphatic heterocycles. The van der Waals surface area contributed by atoms with Crippen molar-refractivity contribution in [3.05, 3.63) is 224 Å². The van der Waals surface area contributed by atoms with Crippen LogP contribution in [0, 0.1) is 0 Å². The van der Waals surface area contributed by atoms with Crippen molar-refractivity contribution < 1.29 is 0 Å². The van der Waals surface area contributed by atoms with Gasteiger partial charge in [-0.2, -0.15) is 0 Å². The van der Waals surface area contributed by atoms with E-state index in [1.54, 1.807) is 0 Å². The maximum Gasteiger partial charge on any atom is 0.0641 e. The average molecular weight is 832 g/mol. The Morgan fingerprint density at radius 1 is 0.250 bits per heavy atom. The van der Waals surface area contributed by atoms with Gasteiger partial charge >= 0.3 is 0 Å². The maximum absolute atomic E-state index is 2.47. The molecule has 4 heterocycles. The monoisotopic (exact) mass is 831 g/mol. The fraction of sp³-hybridized carbons (Fsp3) is 0. The van der Waals surface area contributed by atoms with Crippen LogP contribution in [0.15, 0.2) is 224 Å². The lowest BCUT2D eigenvalue weighted by atomic mass is 9.97. The summed E-state index contributed by atoms with van der Waals surface area (Å²) in [7, 11) is 0. The summed E-state index contributed by atoms with van der Waals surface area (Å²) in [6, 6.07) is 82.6. The highest BCUT2D eigenvalue weighted by Crippen LogP contribution is 2.44. The number of nitrogens with zero attached hydrogens (tertiary/aromatic N) is 3. The van der Waals surface area contributed by atoms with Crippen molar-refractivity contribution in [2.75, 3.05) is 0 Å². The molecule has 4 heteroatoms. The Balaban J connectivity index is 0.918. The summed E-state index contributed by atoms with van der Waals surface area (Å²) in [4.78, 5) is 0. The molecule has 0 aliphatic rings. The van der Waals surface area contributed by atoms with Crippen LogP contribution in [0.25, 0.3) is 125 Å². The third-order valence-electron chi connectivity index (χ3n) is 13.4. The van der Waals surface area contributed by atoms with E-state index < -0.39 is 0 Å². The van der Waals surface area contributed by atoms with Gasteiger partial charge < -0.3 is 13.7 Å². The number of aromatic nitrogens is 3. The first-order valence-electron chi connectivity index (χ1n) is 21.9. The van der Waals surface area contributed by atoms with E-state index in [0.29, 0.717) is 0 Å². The molecule has 3 nitrogen and oxygen atoms in total. The normalized spacial score (nSPS) is 12.1. The highest BCUT2D eigenvalue weighted by atomic mass is 32.1. The van der Waals surface area contributed by atoms with Gasteiger partial charge in [-0.3, -0.25) is 0 Å². The minimum atomic E-state index is 1.16. The molecule has 0 atom stereocenters. The number of rotatable bonds is 5. The Hall–Kier alpha value is -8.18. The molecule has 0 N–H and O–H groups in total. The third-order valence-corrected chi connectivity index (χ3v) is 14.6. The van der Waals surface area contributed by atoms with Crippen molar-refractivity contribution in [3.63, 3.8) is 0 Å². The predicted molar refractivity (Wildman–Crippen MR) is 273 cm³/mol. The molecule has 0 unspecified atom stereocenters. The molecule has 0 saturated heterocycles. The van der Waals surface area contributed by atoms with Gasteiger partial charge in [0.2, 0.25) is 0 Å². The fourth-order valence-corrected chi connectivity index (χ4v) is 11.7. The van der Waals surface area contributed by atoms with Crippen LogP contribution in [-0.4, -0.2) is 13.7 Å². The maximum atomic E-state index is 2.47. The Kier molecular flexibility index (Phi) is 7.56. The van der Waals surface area contributed by atoms with E-state index in [1.807, 2.05) is 11.3 Å². The number of fused-ring (bicyclic) bond motifs is 13. The van der Waals surface area contributed by atoms with Gasteiger partial charge in [0, 0.05) is 69.6 Å². The summed E-state index contributed by atoms with van der Waals surface area (Å²) in [6.07, 6.45) is 0. The van der Waals surface area contributed by atoms with Crippen molar-refractivity contribution in [1.29, 1.82) is 0 Å². The summed E-state index contributed by atoms with van der Waals surface area (Å²) < 4.78 is 9.91. The molecule has 0 bridgehead atoms. The van der Waals surface area contributed by atoms with E-state index in [-0.39, 0.29) is 0 Å². The summed E-state index contributed by atoms with van der Waals surface area (Å²) in [5.74, 6) is 0. The standard InChI is InChI=1S/C60H37N3S/c1-3-16-42(17-4-1)61-52-23-10-7-20-45(52)47-29-26-41(36-56(47)61)39-15-13-14-38(34-39)40-27-32-57-50(35-40)51-37-44(28-33-58(51)64-57)62-54-25-12-9-22-49(54)59-55(62)31-30-48-46-21-8-11-24-53(46)63(60(48)59)43-18-5-2-6-19-43/h1-37H. The highest BCUT2D eigenvalue weighted by molar-refractivity contribution is 7.25. The van der Waals surface area contributed by atoms with Crippen LogP contribution < -0.4 is 0 Å². The summed E-state index contributed by atoms with van der Waals surface area (Å²) in [5.41, 5.74) is 15.6. The van der Waals surface area contributed by atoms with E-state index in [1.165, 1.54) is 119 Å². The van der Waals surface area contributed by atoms with Gasteiger partial charge in [0.15, 0.2) is 0 Å². The average Bonchev–Trinajstić information content (AvgIpc) is 4.10. The van der Waals surface area contributed by atoms with Gasteiger partial charge in [0.1, 0.15) is 0 Å². The van der Waals surface area contributed by atoms with Crippen molar-refractivity contribution in [2.45, 2.75) is 0 Å². The van der Waals surface area contributed by atoms with E-state index in [0.717, 1.165) is 5.69 Å². The summed E-state index contributed by atoms with van der Waals surface area (Å²) in [5, 5.41) is 10.1. The molecule has 298 valence electrons. The molecule has 0 fully saturated rings. The molecule has 0 saturated carbocycles. The SMILES string of the molecule is c1ccc(-n2c3ccccc3c3ccc(-c4cccc(-c5ccc6sc7ccc(-n8c9ccccc9c9c8ccc8c%10ccccc%10n(-c%10ccccc%10)c89)cc7c6c5)c4)cc32)cc1. The Bertz CT molecular complexity index is 4180. The Morgan fingerprint density at radius 3 is 1.48 bits per heavy atom. The van der Waals surface area contributed by atoms with Gasteiger partial charge in [-0.15, -0.1) is 11.3 Å². The zero-order valence-corrected chi connectivity index (χ0v) is 35.4. The molecule has 0 spiro atoms. The lowest BCUT2D eigenvalue weighted by Gasteiger charge is -2.10. The quantitative estimate of drug-likeness (QED) is 0.164. The van der Waals surface area contributed by atoms with Gasteiger partial charge in [-0.25, -0.2) is 0 Å². The zero-order chi connectivity index (χ0) is 41.9. The zero-order valence-electron chi connectivity index (χ0n) is 34.6. The lowest BCUT2D eigenvalue weighted by Crippen LogP contribution is -1.95. The number of benzene rings is 10. The largest absolute Gasteiger partial charge is 0.309 e. The van der Waals surface area contributed by atoms with Gasteiger partial charge in [0.25, 0.3) is 0 Å². The van der Waals surface area contributed by atoms with Crippen molar-refractivity contribution in [2.24, 2.45) is 0 Å². The lowest BCUT2D eigenvalue weighted by molar-refractivity contribution is 1.18. The smallest absolute Gasteiger partial charge is 0.0641 e. The van der Waals surface area contributed by atoms with Crippen LogP contribution in [0.4, 0.5) is 0 Å². The van der Waals surface area contributed by atoms with Crippen molar-refractivity contribution in [1.82, 2.24) is 13.7 Å². The summed E-state index contributed by atoms with van der Waals surface area (Å²) >= 11 is 1.87. The third kappa shape index (κ3) is 5.15. The van der Waals surface area contributed by atoms with Crippen LogP contribution in [0.2, 0.25) is 0 Å². The molecule has 4 aromatic heterocycles. The Labute approximate surface area is 372 Å². The molecule has 0 aliphatic carbocycles. The molecule has 14 rings (SSSR count). The van der Waals surface area contributed by atoms with Crippen LogP contribution in [0.5, 0.6) is 0 Å².